The number of thioether (sulfide) groups is 2. The van der Waals surface area contributed by atoms with Gasteiger partial charge in [0.2, 0.25) is 0 Å². The summed E-state index contributed by atoms with van der Waals surface area (Å²) in [6, 6.07) is 5.25. The van der Waals surface area contributed by atoms with Gasteiger partial charge >= 0.3 is 5.97 Å². The smallest absolute Gasteiger partial charge is 0.337 e. The van der Waals surface area contributed by atoms with Gasteiger partial charge in [0.1, 0.15) is 0 Å². The van der Waals surface area contributed by atoms with Crippen molar-refractivity contribution in [2.75, 3.05) is 17.3 Å². The van der Waals surface area contributed by atoms with Gasteiger partial charge in [-0.2, -0.15) is 23.5 Å². The number of carboxylic acid groups (broad SMARTS) is 1. The molecule has 1 atom stereocenters. The molecule has 0 bridgehead atoms. The average Bonchev–Trinajstić information content (AvgIpc) is 2.83. The second-order valence-corrected chi connectivity index (χ2v) is 7.00. The highest BCUT2D eigenvalue weighted by Gasteiger charge is 2.18. The number of rotatable bonds is 3. The third kappa shape index (κ3) is 2.60. The standard InChI is InChI=1S/C13H14N2O2S2/c16-13(17)10-2-1-3-11-12(10)15(8-14-11)6-9-7-18-4-5-19-9/h1-3,8-9H,4-7H2,(H,16,17). The first kappa shape index (κ1) is 12.9. The second-order valence-electron chi connectivity index (χ2n) is 4.44. The molecule has 1 aliphatic heterocycles. The summed E-state index contributed by atoms with van der Waals surface area (Å²) in [5, 5.41) is 9.82. The molecule has 2 aromatic rings. The SMILES string of the molecule is O=C(O)c1cccc2ncn(CC3CSCCS3)c12. The van der Waals surface area contributed by atoms with Crippen LogP contribution in [-0.2, 0) is 6.54 Å². The normalized spacial score (nSPS) is 19.7. The highest BCUT2D eigenvalue weighted by atomic mass is 32.2. The summed E-state index contributed by atoms with van der Waals surface area (Å²) in [6.07, 6.45) is 1.76. The van der Waals surface area contributed by atoms with Crippen molar-refractivity contribution in [3.05, 3.63) is 30.1 Å². The van der Waals surface area contributed by atoms with Crippen LogP contribution < -0.4 is 0 Å². The van der Waals surface area contributed by atoms with Crippen LogP contribution in [0.3, 0.4) is 0 Å². The Morgan fingerprint density at radius 2 is 2.37 bits per heavy atom. The molecule has 1 N–H and O–H groups in total. The number of imidazole rings is 1. The largest absolute Gasteiger partial charge is 0.478 e. The minimum atomic E-state index is -0.891. The van der Waals surface area contributed by atoms with E-state index in [4.69, 9.17) is 0 Å². The third-order valence-electron chi connectivity index (χ3n) is 3.15. The molecule has 19 heavy (non-hydrogen) atoms. The van der Waals surface area contributed by atoms with Gasteiger partial charge in [0.15, 0.2) is 0 Å². The maximum Gasteiger partial charge on any atom is 0.337 e. The maximum absolute atomic E-state index is 11.3. The van der Waals surface area contributed by atoms with Crippen molar-refractivity contribution in [3.8, 4) is 0 Å². The molecule has 1 aromatic heterocycles. The lowest BCUT2D eigenvalue weighted by Gasteiger charge is -2.21. The fraction of sp³-hybridized carbons (Fsp3) is 0.385. The van der Waals surface area contributed by atoms with Gasteiger partial charge in [-0.05, 0) is 12.1 Å². The Labute approximate surface area is 119 Å². The lowest BCUT2D eigenvalue weighted by atomic mass is 10.2. The van der Waals surface area contributed by atoms with Crippen LogP contribution in [0, 0.1) is 0 Å². The number of benzene rings is 1. The number of hydrogen-bond donors (Lipinski definition) is 1. The van der Waals surface area contributed by atoms with Crippen molar-refractivity contribution in [3.63, 3.8) is 0 Å². The van der Waals surface area contributed by atoms with Gasteiger partial charge in [-0.1, -0.05) is 6.07 Å². The first-order chi connectivity index (χ1) is 9.25. The van der Waals surface area contributed by atoms with E-state index in [1.165, 1.54) is 11.5 Å². The van der Waals surface area contributed by atoms with Gasteiger partial charge in [-0.3, -0.25) is 0 Å². The third-order valence-corrected chi connectivity index (χ3v) is 5.98. The Morgan fingerprint density at radius 1 is 1.47 bits per heavy atom. The van der Waals surface area contributed by atoms with Crippen LogP contribution in [0.4, 0.5) is 0 Å². The van der Waals surface area contributed by atoms with Crippen LogP contribution in [0.2, 0.25) is 0 Å². The molecule has 100 valence electrons. The molecule has 0 saturated carbocycles. The molecule has 1 fully saturated rings. The van der Waals surface area contributed by atoms with Crippen LogP contribution in [0.25, 0.3) is 11.0 Å². The zero-order valence-corrected chi connectivity index (χ0v) is 11.9. The number of aromatic carboxylic acids is 1. The van der Waals surface area contributed by atoms with E-state index in [1.807, 2.05) is 34.2 Å². The number of hydrogen-bond acceptors (Lipinski definition) is 4. The summed E-state index contributed by atoms with van der Waals surface area (Å²) in [4.78, 5) is 15.6. The first-order valence-corrected chi connectivity index (χ1v) is 8.32. The lowest BCUT2D eigenvalue weighted by molar-refractivity contribution is 0.0698. The van der Waals surface area contributed by atoms with Gasteiger partial charge in [-0.15, -0.1) is 0 Å². The van der Waals surface area contributed by atoms with E-state index >= 15 is 0 Å². The van der Waals surface area contributed by atoms with Crippen LogP contribution in [0.15, 0.2) is 24.5 Å². The van der Waals surface area contributed by atoms with E-state index in [2.05, 4.69) is 4.98 Å². The predicted octanol–water partition coefficient (Wildman–Crippen LogP) is 2.58. The molecule has 4 nitrogen and oxygen atoms in total. The number of nitrogens with zero attached hydrogens (tertiary/aromatic N) is 2. The van der Waals surface area contributed by atoms with Crippen molar-refractivity contribution < 1.29 is 9.90 Å². The van der Waals surface area contributed by atoms with Gasteiger partial charge in [0, 0.05) is 29.1 Å². The van der Waals surface area contributed by atoms with Gasteiger partial charge in [0.25, 0.3) is 0 Å². The minimum absolute atomic E-state index is 0.337. The molecular formula is C13H14N2O2S2. The summed E-state index contributed by atoms with van der Waals surface area (Å²) in [5.41, 5.74) is 1.84. The molecule has 0 amide bonds. The molecule has 0 spiro atoms. The molecule has 2 heterocycles. The number of fused-ring (bicyclic) bond motifs is 1. The topological polar surface area (TPSA) is 55.1 Å². The van der Waals surface area contributed by atoms with Crippen molar-refractivity contribution in [1.82, 2.24) is 9.55 Å². The maximum atomic E-state index is 11.3. The van der Waals surface area contributed by atoms with Gasteiger partial charge < -0.3 is 9.67 Å². The fourth-order valence-corrected chi connectivity index (χ4v) is 4.96. The van der Waals surface area contributed by atoms with E-state index in [0.717, 1.165) is 23.3 Å². The predicted molar refractivity (Wildman–Crippen MR) is 80.3 cm³/mol. The van der Waals surface area contributed by atoms with E-state index in [9.17, 15) is 9.90 Å². The highest BCUT2D eigenvalue weighted by molar-refractivity contribution is 8.06. The molecule has 0 aliphatic carbocycles. The molecule has 6 heteroatoms. The van der Waals surface area contributed by atoms with Crippen LogP contribution in [0.5, 0.6) is 0 Å². The molecule has 3 rings (SSSR count). The van der Waals surface area contributed by atoms with E-state index in [-0.39, 0.29) is 0 Å². The number of aromatic nitrogens is 2. The molecular weight excluding hydrogens is 280 g/mol. The van der Waals surface area contributed by atoms with Crippen molar-refractivity contribution in [2.45, 2.75) is 11.8 Å². The molecule has 1 unspecified atom stereocenters. The Morgan fingerprint density at radius 3 is 3.11 bits per heavy atom. The molecule has 1 saturated heterocycles. The summed E-state index contributed by atoms with van der Waals surface area (Å²) in [6.45, 7) is 0.832. The summed E-state index contributed by atoms with van der Waals surface area (Å²) >= 11 is 3.94. The van der Waals surface area contributed by atoms with Crippen molar-refractivity contribution >= 4 is 40.5 Å². The molecule has 1 aliphatic rings. The zero-order chi connectivity index (χ0) is 13.2. The van der Waals surface area contributed by atoms with Gasteiger partial charge in [-0.25, -0.2) is 9.78 Å². The van der Waals surface area contributed by atoms with Gasteiger partial charge in [0.05, 0.1) is 22.9 Å². The van der Waals surface area contributed by atoms with Crippen molar-refractivity contribution in [1.29, 1.82) is 0 Å². The highest BCUT2D eigenvalue weighted by Crippen LogP contribution is 2.27. The van der Waals surface area contributed by atoms with Crippen LogP contribution in [0.1, 0.15) is 10.4 Å². The Balaban J connectivity index is 1.96. The van der Waals surface area contributed by atoms with Crippen LogP contribution >= 0.6 is 23.5 Å². The minimum Gasteiger partial charge on any atom is -0.478 e. The Bertz CT molecular complexity index is 606. The summed E-state index contributed by atoms with van der Waals surface area (Å²) in [7, 11) is 0. The second kappa shape index (κ2) is 5.46. The van der Waals surface area contributed by atoms with Crippen LogP contribution in [-0.4, -0.2) is 43.1 Å². The van der Waals surface area contributed by atoms with E-state index < -0.39 is 5.97 Å². The monoisotopic (exact) mass is 294 g/mol. The lowest BCUT2D eigenvalue weighted by Crippen LogP contribution is -2.20. The zero-order valence-electron chi connectivity index (χ0n) is 10.3. The van der Waals surface area contributed by atoms with E-state index in [0.29, 0.717) is 10.8 Å². The number of carboxylic acids is 1. The first-order valence-electron chi connectivity index (χ1n) is 6.12. The van der Waals surface area contributed by atoms with Crippen molar-refractivity contribution in [2.24, 2.45) is 0 Å². The Hall–Kier alpha value is -1.14. The quantitative estimate of drug-likeness (QED) is 0.943. The number of para-hydroxylation sites is 1. The summed E-state index contributed by atoms with van der Waals surface area (Å²) in [5.74, 6) is 2.62. The number of carbonyl (C=O) groups is 1. The Kier molecular flexibility index (Phi) is 3.70. The summed E-state index contributed by atoms with van der Waals surface area (Å²) < 4.78 is 1.99. The molecule has 0 radical (unpaired) electrons. The van der Waals surface area contributed by atoms with E-state index in [1.54, 1.807) is 18.5 Å². The average molecular weight is 294 g/mol. The fourth-order valence-electron chi connectivity index (χ4n) is 2.30. The molecule has 1 aromatic carbocycles.